The third kappa shape index (κ3) is 4.97. The molecule has 0 unspecified atom stereocenters. The summed E-state index contributed by atoms with van der Waals surface area (Å²) in [7, 11) is 0. The fourth-order valence-corrected chi connectivity index (χ4v) is 1.48. The summed E-state index contributed by atoms with van der Waals surface area (Å²) >= 11 is 0. The maximum absolute atomic E-state index is 11.7. The average Bonchev–Trinajstić information content (AvgIpc) is 2.96. The Morgan fingerprint density at radius 1 is 1.52 bits per heavy atom. The Kier molecular flexibility index (Phi) is 5.93. The Labute approximate surface area is 118 Å². The van der Waals surface area contributed by atoms with E-state index in [1.54, 1.807) is 0 Å². The van der Waals surface area contributed by atoms with Gasteiger partial charge in [0.1, 0.15) is 6.04 Å². The minimum atomic E-state index is -1.62. The largest absolute Gasteiger partial charge is 0.480 e. The van der Waals surface area contributed by atoms with E-state index in [4.69, 9.17) is 10.6 Å². The van der Waals surface area contributed by atoms with Crippen molar-refractivity contribution >= 4 is 23.9 Å². The number of aromatic amines is 1. The third-order valence-corrected chi connectivity index (χ3v) is 2.54. The number of rotatable bonds is 8. The van der Waals surface area contributed by atoms with Crippen LogP contribution in [0.2, 0.25) is 0 Å². The Morgan fingerprint density at radius 2 is 2.24 bits per heavy atom. The van der Waals surface area contributed by atoms with Crippen LogP contribution in [0.25, 0.3) is 5.53 Å². The fourth-order valence-electron chi connectivity index (χ4n) is 1.48. The first-order valence-corrected chi connectivity index (χ1v) is 5.86. The van der Waals surface area contributed by atoms with E-state index in [9.17, 15) is 19.5 Å². The standard InChI is InChI=1S/C11H13N5O5/c12-15-3-6(17)1-2-7(11(20)21)16-10(19)9(18)8-4-13-5-14-8/h3-5,7,9,18H,1-2H2,(H,13,14)(H,16,19)(H,20,21)/t7-,9-/m0/s1. The molecule has 1 amide bonds. The van der Waals surface area contributed by atoms with E-state index < -0.39 is 29.8 Å². The van der Waals surface area contributed by atoms with Crippen LogP contribution < -0.4 is 5.32 Å². The molecule has 10 heteroatoms. The van der Waals surface area contributed by atoms with Crippen molar-refractivity contribution in [2.24, 2.45) is 0 Å². The molecule has 2 atom stereocenters. The lowest BCUT2D eigenvalue weighted by Crippen LogP contribution is -2.43. The number of nitrogens with one attached hydrogen (secondary N) is 2. The van der Waals surface area contributed by atoms with Crippen molar-refractivity contribution in [1.29, 1.82) is 0 Å². The Balaban J connectivity index is 2.61. The zero-order valence-electron chi connectivity index (χ0n) is 10.8. The van der Waals surface area contributed by atoms with Crippen molar-refractivity contribution in [3.05, 3.63) is 23.7 Å². The molecule has 0 bridgehead atoms. The van der Waals surface area contributed by atoms with E-state index in [0.717, 1.165) is 0 Å². The summed E-state index contributed by atoms with van der Waals surface area (Å²) in [6, 6.07) is -1.36. The fraction of sp³-hybridized carbons (Fsp3) is 0.364. The number of carbonyl (C=O) groups is 3. The van der Waals surface area contributed by atoms with Crippen molar-refractivity contribution in [3.8, 4) is 0 Å². The number of carboxylic acids is 1. The highest BCUT2D eigenvalue weighted by Gasteiger charge is 2.26. The molecule has 0 fully saturated rings. The molecule has 1 heterocycles. The molecule has 0 aliphatic heterocycles. The predicted octanol–water partition coefficient (Wildman–Crippen LogP) is -1.34. The molecule has 112 valence electrons. The monoisotopic (exact) mass is 295 g/mol. The predicted molar refractivity (Wildman–Crippen MR) is 67.0 cm³/mol. The van der Waals surface area contributed by atoms with Crippen LogP contribution in [0.1, 0.15) is 24.6 Å². The van der Waals surface area contributed by atoms with Crippen LogP contribution in [-0.2, 0) is 14.4 Å². The van der Waals surface area contributed by atoms with Crippen molar-refractivity contribution in [1.82, 2.24) is 15.3 Å². The number of carboxylic acid groups (broad SMARTS) is 1. The molecular formula is C11H13N5O5. The lowest BCUT2D eigenvalue weighted by molar-refractivity contribution is -0.143. The highest BCUT2D eigenvalue weighted by atomic mass is 16.4. The number of aromatic nitrogens is 2. The summed E-state index contributed by atoms with van der Waals surface area (Å²) in [5.41, 5.74) is 8.20. The lowest BCUT2D eigenvalue weighted by atomic mass is 10.1. The Morgan fingerprint density at radius 3 is 2.76 bits per heavy atom. The molecule has 0 spiro atoms. The van der Waals surface area contributed by atoms with Gasteiger partial charge in [0.05, 0.1) is 12.0 Å². The molecule has 10 nitrogen and oxygen atoms in total. The number of carbonyl (C=O) groups excluding carboxylic acids is 2. The first kappa shape index (κ1) is 16.2. The minimum Gasteiger partial charge on any atom is -0.480 e. The van der Waals surface area contributed by atoms with E-state index in [2.05, 4.69) is 20.1 Å². The van der Waals surface area contributed by atoms with Gasteiger partial charge in [-0.3, -0.25) is 9.59 Å². The molecule has 0 aromatic carbocycles. The SMILES string of the molecule is [N-]=[N+]=CC(=O)CC[C@H](NC(=O)[C@@H](O)c1c[nH]cn1)C(=O)O. The number of H-pyrrole nitrogens is 1. The van der Waals surface area contributed by atoms with E-state index in [0.29, 0.717) is 6.21 Å². The van der Waals surface area contributed by atoms with Crippen LogP contribution in [0.15, 0.2) is 12.5 Å². The Hall–Kier alpha value is -2.84. The molecule has 4 N–H and O–H groups in total. The molecule has 0 radical (unpaired) electrons. The van der Waals surface area contributed by atoms with Crippen LogP contribution in [0, 0.1) is 0 Å². The first-order valence-electron chi connectivity index (χ1n) is 5.86. The van der Waals surface area contributed by atoms with Gasteiger partial charge in [-0.2, -0.15) is 4.79 Å². The topological polar surface area (TPSA) is 169 Å². The molecule has 1 aromatic heterocycles. The molecule has 0 aliphatic rings. The number of Topliss-reactive ketones (excluding diaryl/α,β-unsaturated/α-hetero) is 1. The van der Waals surface area contributed by atoms with Gasteiger partial charge in [-0.25, -0.2) is 9.78 Å². The molecule has 1 aromatic rings. The molecule has 21 heavy (non-hydrogen) atoms. The van der Waals surface area contributed by atoms with Gasteiger partial charge in [-0.15, -0.1) is 0 Å². The zero-order valence-corrected chi connectivity index (χ0v) is 10.8. The van der Waals surface area contributed by atoms with Crippen LogP contribution in [-0.4, -0.2) is 54.9 Å². The van der Waals surface area contributed by atoms with Crippen molar-refractivity contribution in [3.63, 3.8) is 0 Å². The third-order valence-electron chi connectivity index (χ3n) is 2.54. The summed E-state index contributed by atoms with van der Waals surface area (Å²) < 4.78 is 0. The summed E-state index contributed by atoms with van der Waals surface area (Å²) in [6.07, 6.45) is 1.13. The van der Waals surface area contributed by atoms with Crippen LogP contribution in [0.3, 0.4) is 0 Å². The van der Waals surface area contributed by atoms with E-state index in [1.165, 1.54) is 12.5 Å². The maximum atomic E-state index is 11.7. The van der Waals surface area contributed by atoms with E-state index in [-0.39, 0.29) is 18.5 Å². The number of aliphatic hydroxyl groups excluding tert-OH is 1. The van der Waals surface area contributed by atoms with E-state index >= 15 is 0 Å². The number of imidazole rings is 1. The number of ketones is 1. The van der Waals surface area contributed by atoms with Crippen molar-refractivity contribution in [2.45, 2.75) is 25.0 Å². The van der Waals surface area contributed by atoms with Crippen molar-refractivity contribution < 1.29 is 29.4 Å². The molecular weight excluding hydrogens is 282 g/mol. The normalized spacial score (nSPS) is 12.8. The van der Waals surface area contributed by atoms with Gasteiger partial charge >= 0.3 is 12.2 Å². The number of hydrogen-bond acceptors (Lipinski definition) is 5. The quantitative estimate of drug-likeness (QED) is 0.263. The average molecular weight is 295 g/mol. The van der Waals surface area contributed by atoms with Gasteiger partial charge in [0.25, 0.3) is 5.91 Å². The van der Waals surface area contributed by atoms with Gasteiger partial charge in [0.2, 0.25) is 5.78 Å². The molecule has 0 aliphatic carbocycles. The van der Waals surface area contributed by atoms with Crippen LogP contribution in [0.4, 0.5) is 0 Å². The highest BCUT2D eigenvalue weighted by Crippen LogP contribution is 2.09. The summed E-state index contributed by atoms with van der Waals surface area (Å²) in [5.74, 6) is -2.89. The summed E-state index contributed by atoms with van der Waals surface area (Å²) in [4.78, 5) is 42.5. The Bertz CT molecular complexity index is 564. The molecule has 0 saturated carbocycles. The van der Waals surface area contributed by atoms with Crippen molar-refractivity contribution in [2.75, 3.05) is 0 Å². The van der Waals surface area contributed by atoms with Gasteiger partial charge in [-0.1, -0.05) is 0 Å². The highest BCUT2D eigenvalue weighted by molar-refractivity contribution is 6.25. The van der Waals surface area contributed by atoms with Crippen LogP contribution >= 0.6 is 0 Å². The first-order chi connectivity index (χ1) is 9.95. The van der Waals surface area contributed by atoms with Gasteiger partial charge < -0.3 is 26.0 Å². The molecule has 1 rings (SSSR count). The summed E-state index contributed by atoms with van der Waals surface area (Å²) in [6.45, 7) is 0. The number of hydrogen-bond donors (Lipinski definition) is 4. The second kappa shape index (κ2) is 7.68. The number of nitrogens with zero attached hydrogens (tertiary/aromatic N) is 3. The lowest BCUT2D eigenvalue weighted by Gasteiger charge is -2.15. The number of aliphatic carboxylic acids is 1. The number of amides is 1. The zero-order chi connectivity index (χ0) is 15.8. The van der Waals surface area contributed by atoms with Gasteiger partial charge in [-0.05, 0) is 6.42 Å². The maximum Gasteiger partial charge on any atom is 0.326 e. The van der Waals surface area contributed by atoms with E-state index in [1.807, 2.05) is 0 Å². The second-order valence-electron chi connectivity index (χ2n) is 4.05. The minimum absolute atomic E-state index is 0.0418. The van der Waals surface area contributed by atoms with Crippen LogP contribution in [0.5, 0.6) is 0 Å². The number of aliphatic hydroxyl groups is 1. The smallest absolute Gasteiger partial charge is 0.326 e. The van der Waals surface area contributed by atoms with Gasteiger partial charge in [0, 0.05) is 12.6 Å². The second-order valence-corrected chi connectivity index (χ2v) is 4.05. The molecule has 0 saturated heterocycles. The van der Waals surface area contributed by atoms with Gasteiger partial charge in [0.15, 0.2) is 6.10 Å². The summed E-state index contributed by atoms with van der Waals surface area (Å²) in [5, 5.41) is 20.7.